The van der Waals surface area contributed by atoms with Gasteiger partial charge in [-0.3, -0.25) is 5.43 Å². The van der Waals surface area contributed by atoms with E-state index in [0.717, 1.165) is 10.0 Å². The van der Waals surface area contributed by atoms with Crippen LogP contribution >= 0.6 is 31.9 Å². The van der Waals surface area contributed by atoms with Gasteiger partial charge in [0.2, 0.25) is 0 Å². The lowest BCUT2D eigenvalue weighted by Gasteiger charge is -2.28. The Morgan fingerprint density at radius 3 is 2.46 bits per heavy atom. The van der Waals surface area contributed by atoms with E-state index in [1.807, 2.05) is 31.2 Å². The molecule has 1 aliphatic rings. The van der Waals surface area contributed by atoms with Crippen LogP contribution in [0, 0.1) is 0 Å². The number of hydrogen-bond acceptors (Lipinski definition) is 10. The van der Waals surface area contributed by atoms with Crippen LogP contribution in [0.2, 0.25) is 0 Å². The number of allylic oxidation sites excluding steroid dienone is 1. The number of ether oxygens (including phenoxy) is 5. The molecule has 4 N–H and O–H groups in total. The molecule has 3 aromatic carbocycles. The lowest BCUT2D eigenvalue weighted by molar-refractivity contribution is -0.136. The summed E-state index contributed by atoms with van der Waals surface area (Å²) >= 11 is 6.96. The molecule has 0 radical (unpaired) electrons. The first-order valence-electron chi connectivity index (χ1n) is 14.1. The molecule has 2 amide bonds. The number of rotatable bonds is 14. The Bertz CT molecular complexity index is 1610. The van der Waals surface area contributed by atoms with Gasteiger partial charge in [0.1, 0.15) is 13.2 Å². The highest BCUT2D eigenvalue weighted by Crippen LogP contribution is 2.35. The number of nitrogens with one attached hydrogen (secondary N) is 3. The molecule has 0 aliphatic carbocycles. The van der Waals surface area contributed by atoms with E-state index in [2.05, 4.69) is 53.0 Å². The second-order valence-corrected chi connectivity index (χ2v) is 11.6. The number of hydrogen-bond donors (Lipinski definition) is 4. The quantitative estimate of drug-likeness (QED) is 0.0742. The van der Waals surface area contributed by atoms with Crippen molar-refractivity contribution in [3.8, 4) is 23.0 Å². The summed E-state index contributed by atoms with van der Waals surface area (Å²) < 4.78 is 29.7. The average Bonchev–Trinajstić information content (AvgIpc) is 3.04. The van der Waals surface area contributed by atoms with Gasteiger partial charge in [0.25, 0.3) is 0 Å². The zero-order valence-corrected chi connectivity index (χ0v) is 28.7. The van der Waals surface area contributed by atoms with Crippen LogP contribution in [-0.2, 0) is 16.1 Å². The summed E-state index contributed by atoms with van der Waals surface area (Å²) in [4.78, 5) is 24.6. The first-order valence-corrected chi connectivity index (χ1v) is 15.7. The molecular weight excluding hydrogens is 728 g/mol. The number of aliphatic hydroxyl groups excluding tert-OH is 1. The minimum absolute atomic E-state index is 0.166. The van der Waals surface area contributed by atoms with Crippen molar-refractivity contribution in [1.29, 1.82) is 0 Å². The lowest BCUT2D eigenvalue weighted by atomic mass is 9.95. The van der Waals surface area contributed by atoms with E-state index in [-0.39, 0.29) is 12.2 Å². The fraction of sp³-hybridized carbons (Fsp3) is 0.281. The number of carbonyl (C=O) groups excluding carboxylic acids is 2. The van der Waals surface area contributed by atoms with Crippen LogP contribution in [-0.4, -0.2) is 57.0 Å². The van der Waals surface area contributed by atoms with Crippen LogP contribution in [0.3, 0.4) is 0 Å². The molecule has 0 spiro atoms. The minimum atomic E-state index is -1.17. The maximum Gasteiger partial charge on any atom is 0.337 e. The first-order chi connectivity index (χ1) is 22.1. The average molecular weight is 762 g/mol. The SMILES string of the molecule is CCOc1cc([C@@H]2NC(=O)NC(C)=C2C(=O)OC)ccc1OC[C@H](O)N/N=C\c1cc(OC)c(OCc2ccc(Br)cc2)cc1Br. The summed E-state index contributed by atoms with van der Waals surface area (Å²) in [5, 5.41) is 20.0. The molecule has 12 nitrogen and oxygen atoms in total. The first kappa shape index (κ1) is 34.6. The van der Waals surface area contributed by atoms with Gasteiger partial charge in [0.05, 0.1) is 38.7 Å². The predicted molar refractivity (Wildman–Crippen MR) is 178 cm³/mol. The largest absolute Gasteiger partial charge is 0.493 e. The summed E-state index contributed by atoms with van der Waals surface area (Å²) in [6.07, 6.45) is 0.357. The Kier molecular flexibility index (Phi) is 12.3. The second kappa shape index (κ2) is 16.3. The molecular formula is C32H34Br2N4O8. The molecule has 0 fully saturated rings. The third-order valence-electron chi connectivity index (χ3n) is 6.69. The van der Waals surface area contributed by atoms with Gasteiger partial charge in [-0.15, -0.1) is 0 Å². The van der Waals surface area contributed by atoms with Crippen molar-refractivity contribution in [2.24, 2.45) is 5.10 Å². The Balaban J connectivity index is 1.39. The molecule has 3 aromatic rings. The van der Waals surface area contributed by atoms with Crippen LogP contribution in [0.25, 0.3) is 0 Å². The van der Waals surface area contributed by atoms with Crippen molar-refractivity contribution in [3.63, 3.8) is 0 Å². The van der Waals surface area contributed by atoms with Gasteiger partial charge in [0, 0.05) is 20.2 Å². The van der Waals surface area contributed by atoms with Crippen molar-refractivity contribution in [2.75, 3.05) is 27.4 Å². The number of nitrogens with zero attached hydrogens (tertiary/aromatic N) is 1. The molecule has 0 unspecified atom stereocenters. The Morgan fingerprint density at radius 1 is 1.02 bits per heavy atom. The molecule has 2 atom stereocenters. The highest BCUT2D eigenvalue weighted by atomic mass is 79.9. The zero-order valence-electron chi connectivity index (χ0n) is 25.6. The van der Waals surface area contributed by atoms with E-state index in [0.29, 0.717) is 57.5 Å². The van der Waals surface area contributed by atoms with Gasteiger partial charge in [-0.1, -0.05) is 34.1 Å². The van der Waals surface area contributed by atoms with E-state index >= 15 is 0 Å². The molecule has 1 aliphatic heterocycles. The number of amides is 2. The number of carbonyl (C=O) groups is 2. The molecule has 4 rings (SSSR count). The molecule has 0 bridgehead atoms. The molecule has 0 aromatic heterocycles. The van der Waals surface area contributed by atoms with Crippen molar-refractivity contribution in [2.45, 2.75) is 32.7 Å². The Labute approximate surface area is 283 Å². The van der Waals surface area contributed by atoms with E-state index in [1.54, 1.807) is 44.4 Å². The molecule has 244 valence electrons. The summed E-state index contributed by atoms with van der Waals surface area (Å²) in [6, 6.07) is 15.2. The van der Waals surface area contributed by atoms with Gasteiger partial charge in [0.15, 0.2) is 29.2 Å². The van der Waals surface area contributed by atoms with Crippen LogP contribution in [0.4, 0.5) is 4.79 Å². The number of esters is 1. The van der Waals surface area contributed by atoms with Gasteiger partial charge < -0.3 is 39.4 Å². The van der Waals surface area contributed by atoms with E-state index in [9.17, 15) is 14.7 Å². The smallest absolute Gasteiger partial charge is 0.337 e. The fourth-order valence-corrected chi connectivity index (χ4v) is 5.17. The minimum Gasteiger partial charge on any atom is -0.493 e. The normalized spacial score (nSPS) is 15.1. The highest BCUT2D eigenvalue weighted by molar-refractivity contribution is 9.10. The van der Waals surface area contributed by atoms with Crippen LogP contribution in [0.15, 0.2) is 79.9 Å². The monoisotopic (exact) mass is 760 g/mol. The summed E-state index contributed by atoms with van der Waals surface area (Å²) in [6.45, 7) is 3.97. The number of hydrazone groups is 1. The van der Waals surface area contributed by atoms with Gasteiger partial charge in [-0.25, -0.2) is 9.59 Å². The molecule has 14 heteroatoms. The van der Waals surface area contributed by atoms with E-state index < -0.39 is 24.3 Å². The van der Waals surface area contributed by atoms with Gasteiger partial charge in [-0.2, -0.15) is 5.10 Å². The highest BCUT2D eigenvalue weighted by Gasteiger charge is 2.32. The zero-order chi connectivity index (χ0) is 33.2. The summed E-state index contributed by atoms with van der Waals surface area (Å²) in [7, 11) is 2.83. The second-order valence-electron chi connectivity index (χ2n) is 9.85. The van der Waals surface area contributed by atoms with Gasteiger partial charge >= 0.3 is 12.0 Å². The van der Waals surface area contributed by atoms with E-state index in [4.69, 9.17) is 23.7 Å². The van der Waals surface area contributed by atoms with E-state index in [1.165, 1.54) is 13.3 Å². The third kappa shape index (κ3) is 8.92. The number of methoxy groups -OCH3 is 2. The number of urea groups is 1. The topological polar surface area (TPSA) is 149 Å². The lowest BCUT2D eigenvalue weighted by Crippen LogP contribution is -2.45. The number of aliphatic hydroxyl groups is 1. The van der Waals surface area contributed by atoms with Crippen molar-refractivity contribution in [3.05, 3.63) is 91.5 Å². The van der Waals surface area contributed by atoms with Crippen molar-refractivity contribution >= 4 is 50.1 Å². The fourth-order valence-electron chi connectivity index (χ4n) is 4.48. The molecule has 0 saturated heterocycles. The van der Waals surface area contributed by atoms with Crippen molar-refractivity contribution < 1.29 is 38.4 Å². The predicted octanol–water partition coefficient (Wildman–Crippen LogP) is 5.32. The van der Waals surface area contributed by atoms with Crippen LogP contribution in [0.5, 0.6) is 23.0 Å². The summed E-state index contributed by atoms with van der Waals surface area (Å²) in [5.41, 5.74) is 5.56. The molecule has 1 heterocycles. The van der Waals surface area contributed by atoms with Crippen LogP contribution < -0.4 is 35.0 Å². The molecule has 46 heavy (non-hydrogen) atoms. The Morgan fingerprint density at radius 2 is 1.76 bits per heavy atom. The number of benzene rings is 3. The number of halogens is 2. The van der Waals surface area contributed by atoms with Crippen molar-refractivity contribution in [1.82, 2.24) is 16.1 Å². The maximum absolute atomic E-state index is 12.5. The van der Waals surface area contributed by atoms with Gasteiger partial charge in [-0.05, 0) is 77.3 Å². The molecule has 0 saturated carbocycles. The maximum atomic E-state index is 12.5. The summed E-state index contributed by atoms with van der Waals surface area (Å²) in [5.74, 6) is 1.22. The third-order valence-corrected chi connectivity index (χ3v) is 7.91. The Hall–Kier alpha value is -4.27. The van der Waals surface area contributed by atoms with Crippen LogP contribution in [0.1, 0.15) is 36.6 Å². The standard InChI is InChI=1S/C32H34Br2N4O8/c1-5-44-26-12-20(30-29(31(40)43-4)18(2)36-32(41)37-30)8-11-24(26)46-17-28(39)38-35-15-21-13-25(42-3)27(14-23(21)34)45-16-19-6-9-22(33)10-7-19/h6-15,28,30,38-39H,5,16-17H2,1-4H3,(H2,36,37,41)/b35-15-/t28-,30-/m0/s1.